The molecular formula is C18H18N4O3. The number of hydrogen-bond donors (Lipinski definition) is 0. The minimum Gasteiger partial charge on any atom is -0.314 e. The summed E-state index contributed by atoms with van der Waals surface area (Å²) in [5.74, 6) is -0.132. The molecule has 0 aliphatic carbocycles. The van der Waals surface area contributed by atoms with Crippen molar-refractivity contribution in [2.45, 2.75) is 6.54 Å². The van der Waals surface area contributed by atoms with Crippen LogP contribution < -0.4 is 4.90 Å². The number of nitro groups is 1. The van der Waals surface area contributed by atoms with Crippen molar-refractivity contribution in [2.24, 2.45) is 0 Å². The van der Waals surface area contributed by atoms with E-state index < -0.39 is 4.92 Å². The predicted molar refractivity (Wildman–Crippen MR) is 94.0 cm³/mol. The molecule has 0 aromatic heterocycles. The summed E-state index contributed by atoms with van der Waals surface area (Å²) in [6, 6.07) is 15.2. The lowest BCUT2D eigenvalue weighted by atomic mass is 10.1. The van der Waals surface area contributed by atoms with Crippen molar-refractivity contribution in [3.05, 3.63) is 69.8 Å². The molecule has 0 bridgehead atoms. The number of amides is 1. The van der Waals surface area contributed by atoms with E-state index in [2.05, 4.69) is 6.07 Å². The number of hydrogen-bond acceptors (Lipinski definition) is 5. The molecule has 128 valence electrons. The maximum absolute atomic E-state index is 12.4. The summed E-state index contributed by atoms with van der Waals surface area (Å²) in [5.41, 5.74) is 2.11. The van der Waals surface area contributed by atoms with E-state index in [9.17, 15) is 14.9 Å². The van der Waals surface area contributed by atoms with Gasteiger partial charge in [0.1, 0.15) is 0 Å². The highest BCUT2D eigenvalue weighted by Gasteiger charge is 2.15. The van der Waals surface area contributed by atoms with Gasteiger partial charge in [-0.3, -0.25) is 19.8 Å². The molecule has 2 aromatic rings. The van der Waals surface area contributed by atoms with Crippen molar-refractivity contribution >= 4 is 17.3 Å². The summed E-state index contributed by atoms with van der Waals surface area (Å²) >= 11 is 0. The lowest BCUT2D eigenvalue weighted by molar-refractivity contribution is -0.384. The predicted octanol–water partition coefficient (Wildman–Crippen LogP) is 2.56. The first-order valence-electron chi connectivity index (χ1n) is 7.59. The molecular weight excluding hydrogens is 320 g/mol. The molecule has 25 heavy (non-hydrogen) atoms. The van der Waals surface area contributed by atoms with E-state index in [1.165, 1.54) is 17.0 Å². The van der Waals surface area contributed by atoms with Crippen LogP contribution in [0.2, 0.25) is 0 Å². The van der Waals surface area contributed by atoms with Crippen molar-refractivity contribution in [3.8, 4) is 6.07 Å². The van der Waals surface area contributed by atoms with Gasteiger partial charge in [0, 0.05) is 31.4 Å². The summed E-state index contributed by atoms with van der Waals surface area (Å²) in [6.45, 7) is 0.722. The number of benzene rings is 2. The third kappa shape index (κ3) is 4.86. The molecule has 0 aliphatic heterocycles. The molecule has 0 saturated heterocycles. The summed E-state index contributed by atoms with van der Waals surface area (Å²) in [6.07, 6.45) is 0. The molecule has 0 fully saturated rings. The van der Waals surface area contributed by atoms with Gasteiger partial charge in [-0.1, -0.05) is 12.1 Å². The first-order valence-corrected chi connectivity index (χ1v) is 7.59. The molecule has 0 saturated carbocycles. The Bertz CT molecular complexity index is 812. The Labute approximate surface area is 145 Å². The summed E-state index contributed by atoms with van der Waals surface area (Å²) in [4.78, 5) is 25.9. The van der Waals surface area contributed by atoms with Gasteiger partial charge in [0.15, 0.2) is 0 Å². The van der Waals surface area contributed by atoms with Gasteiger partial charge in [-0.05, 0) is 36.9 Å². The van der Waals surface area contributed by atoms with Crippen molar-refractivity contribution in [3.63, 3.8) is 0 Å². The lowest BCUT2D eigenvalue weighted by Gasteiger charge is -2.22. The van der Waals surface area contributed by atoms with Crippen molar-refractivity contribution in [2.75, 3.05) is 25.5 Å². The molecule has 0 aliphatic rings. The number of rotatable bonds is 6. The summed E-state index contributed by atoms with van der Waals surface area (Å²) in [7, 11) is 3.45. The zero-order chi connectivity index (χ0) is 18.4. The van der Waals surface area contributed by atoms with Gasteiger partial charge < -0.3 is 4.90 Å². The number of nitriles is 1. The van der Waals surface area contributed by atoms with E-state index >= 15 is 0 Å². The van der Waals surface area contributed by atoms with Gasteiger partial charge in [0.25, 0.3) is 5.69 Å². The van der Waals surface area contributed by atoms with Crippen LogP contribution in [0.15, 0.2) is 48.5 Å². The lowest BCUT2D eigenvalue weighted by Crippen LogP contribution is -2.36. The van der Waals surface area contributed by atoms with E-state index in [0.717, 1.165) is 5.56 Å². The van der Waals surface area contributed by atoms with Crippen molar-refractivity contribution < 1.29 is 9.72 Å². The SMILES string of the molecule is CN(CC(=O)N(C)c1ccc([N+](=O)[O-])cc1)Cc1cccc(C#N)c1. The van der Waals surface area contributed by atoms with Gasteiger partial charge >= 0.3 is 0 Å². The number of non-ortho nitro benzene ring substituents is 1. The molecule has 0 N–H and O–H groups in total. The topological polar surface area (TPSA) is 90.5 Å². The third-order valence-corrected chi connectivity index (χ3v) is 3.74. The minimum absolute atomic E-state index is 0.0147. The number of carbonyl (C=O) groups is 1. The van der Waals surface area contributed by atoms with Crippen LogP contribution in [0.3, 0.4) is 0 Å². The van der Waals surface area contributed by atoms with Crippen LogP contribution in [-0.4, -0.2) is 36.4 Å². The molecule has 0 radical (unpaired) electrons. The highest BCUT2D eigenvalue weighted by Crippen LogP contribution is 2.18. The number of likely N-dealkylation sites (N-methyl/N-ethyl adjacent to an activating group) is 2. The molecule has 7 heteroatoms. The number of nitrogens with zero attached hydrogens (tertiary/aromatic N) is 4. The second kappa shape index (κ2) is 8.04. The van der Waals surface area contributed by atoms with E-state index in [4.69, 9.17) is 5.26 Å². The van der Waals surface area contributed by atoms with E-state index in [1.54, 1.807) is 31.3 Å². The van der Waals surface area contributed by atoms with Gasteiger partial charge in [-0.25, -0.2) is 0 Å². The monoisotopic (exact) mass is 338 g/mol. The Morgan fingerprint density at radius 2 is 1.88 bits per heavy atom. The molecule has 0 unspecified atom stereocenters. The quantitative estimate of drug-likeness (QED) is 0.596. The van der Waals surface area contributed by atoms with E-state index in [1.807, 2.05) is 24.1 Å². The summed E-state index contributed by atoms with van der Waals surface area (Å²) < 4.78 is 0. The Hall–Kier alpha value is -3.24. The van der Waals surface area contributed by atoms with Gasteiger partial charge in [-0.2, -0.15) is 5.26 Å². The maximum atomic E-state index is 12.4. The summed E-state index contributed by atoms with van der Waals surface area (Å²) in [5, 5.41) is 19.6. The van der Waals surface area contributed by atoms with E-state index in [-0.39, 0.29) is 18.1 Å². The highest BCUT2D eigenvalue weighted by atomic mass is 16.6. The second-order valence-corrected chi connectivity index (χ2v) is 5.71. The first-order chi connectivity index (χ1) is 11.9. The third-order valence-electron chi connectivity index (χ3n) is 3.74. The molecule has 2 aromatic carbocycles. The Balaban J connectivity index is 1.97. The number of nitro benzene ring substituents is 1. The van der Waals surface area contributed by atoms with Crippen LogP contribution in [0.5, 0.6) is 0 Å². The minimum atomic E-state index is -0.477. The van der Waals surface area contributed by atoms with E-state index in [0.29, 0.717) is 17.8 Å². The van der Waals surface area contributed by atoms with Crippen LogP contribution in [0.1, 0.15) is 11.1 Å². The Morgan fingerprint density at radius 1 is 1.20 bits per heavy atom. The molecule has 0 heterocycles. The number of carbonyl (C=O) groups excluding carboxylic acids is 1. The standard InChI is InChI=1S/C18H18N4O3/c1-20(12-15-5-3-4-14(10-15)11-19)13-18(23)21(2)16-6-8-17(9-7-16)22(24)25/h3-10H,12-13H2,1-2H3. The Kier molecular flexibility index (Phi) is 5.82. The fourth-order valence-corrected chi connectivity index (χ4v) is 2.39. The fourth-order valence-electron chi connectivity index (χ4n) is 2.39. The molecule has 2 rings (SSSR count). The molecule has 0 atom stereocenters. The van der Waals surface area contributed by atoms with Gasteiger partial charge in [0.05, 0.1) is 23.1 Å². The van der Waals surface area contributed by atoms with Gasteiger partial charge in [-0.15, -0.1) is 0 Å². The van der Waals surface area contributed by atoms with Crippen LogP contribution >= 0.6 is 0 Å². The second-order valence-electron chi connectivity index (χ2n) is 5.71. The zero-order valence-electron chi connectivity index (χ0n) is 14.0. The average Bonchev–Trinajstić information content (AvgIpc) is 2.61. The average molecular weight is 338 g/mol. The first kappa shape index (κ1) is 18.1. The smallest absolute Gasteiger partial charge is 0.269 e. The maximum Gasteiger partial charge on any atom is 0.269 e. The largest absolute Gasteiger partial charge is 0.314 e. The van der Waals surface area contributed by atoms with Crippen molar-refractivity contribution in [1.29, 1.82) is 5.26 Å². The van der Waals surface area contributed by atoms with Crippen molar-refractivity contribution in [1.82, 2.24) is 4.90 Å². The fraction of sp³-hybridized carbons (Fsp3) is 0.222. The van der Waals surface area contributed by atoms with Crippen LogP contribution in [-0.2, 0) is 11.3 Å². The highest BCUT2D eigenvalue weighted by molar-refractivity contribution is 5.94. The Morgan fingerprint density at radius 3 is 2.48 bits per heavy atom. The molecule has 1 amide bonds. The van der Waals surface area contributed by atoms with Crippen LogP contribution in [0.25, 0.3) is 0 Å². The van der Waals surface area contributed by atoms with Crippen LogP contribution in [0.4, 0.5) is 11.4 Å². The number of anilines is 1. The van der Waals surface area contributed by atoms with Crippen LogP contribution in [0, 0.1) is 21.4 Å². The normalized spacial score (nSPS) is 10.3. The zero-order valence-corrected chi connectivity index (χ0v) is 14.0. The van der Waals surface area contributed by atoms with Gasteiger partial charge in [0.2, 0.25) is 5.91 Å². The molecule has 0 spiro atoms. The molecule has 7 nitrogen and oxygen atoms in total.